The highest BCUT2D eigenvalue weighted by Gasteiger charge is 2.05. The molecule has 0 aliphatic rings. The average molecular weight is 210 g/mol. The minimum Gasteiger partial charge on any atom is -0.491 e. The molecule has 0 aromatic carbocycles. The molecule has 3 nitrogen and oxygen atoms in total. The molecule has 0 saturated heterocycles. The fourth-order valence-corrected chi connectivity index (χ4v) is 0.881. The van der Waals surface area contributed by atoms with Gasteiger partial charge in [-0.25, -0.2) is 0 Å². The van der Waals surface area contributed by atoms with Crippen molar-refractivity contribution in [2.75, 3.05) is 6.61 Å². The molecule has 0 N–H and O–H groups in total. The molecule has 0 heterocycles. The van der Waals surface area contributed by atoms with Crippen molar-refractivity contribution in [2.45, 2.75) is 25.9 Å². The fraction of sp³-hybridized carbons (Fsp3) is 0.417. The molecular formula is C12H18O3. The first-order valence-electron chi connectivity index (χ1n) is 4.84. The average Bonchev–Trinajstić information content (AvgIpc) is 2.18. The lowest BCUT2D eigenvalue weighted by molar-refractivity contribution is -0.143. The van der Waals surface area contributed by atoms with E-state index in [0.717, 1.165) is 0 Å². The number of hydrogen-bond acceptors (Lipinski definition) is 3. The fourth-order valence-electron chi connectivity index (χ4n) is 0.881. The van der Waals surface area contributed by atoms with E-state index in [4.69, 9.17) is 9.47 Å². The third-order valence-corrected chi connectivity index (χ3v) is 1.68. The van der Waals surface area contributed by atoms with Crippen LogP contribution in [-0.2, 0) is 14.3 Å². The summed E-state index contributed by atoms with van der Waals surface area (Å²) in [5.41, 5.74) is 0. The van der Waals surface area contributed by atoms with E-state index in [2.05, 4.69) is 19.7 Å². The molecule has 0 bridgehead atoms. The van der Waals surface area contributed by atoms with Gasteiger partial charge in [-0.05, 0) is 13.0 Å². The van der Waals surface area contributed by atoms with E-state index in [1.165, 1.54) is 6.08 Å². The minimum absolute atomic E-state index is 0.0352. The van der Waals surface area contributed by atoms with Crippen LogP contribution in [0.4, 0.5) is 0 Å². The van der Waals surface area contributed by atoms with Gasteiger partial charge in [-0.1, -0.05) is 19.2 Å². The molecule has 15 heavy (non-hydrogen) atoms. The Hall–Kier alpha value is -1.51. The van der Waals surface area contributed by atoms with E-state index in [1.54, 1.807) is 6.08 Å². The van der Waals surface area contributed by atoms with Crippen LogP contribution in [0.5, 0.6) is 0 Å². The van der Waals surface area contributed by atoms with Gasteiger partial charge in [-0.15, -0.1) is 6.58 Å². The van der Waals surface area contributed by atoms with Crippen molar-refractivity contribution >= 4 is 5.97 Å². The van der Waals surface area contributed by atoms with Crippen LogP contribution in [0.15, 0.2) is 37.6 Å². The van der Waals surface area contributed by atoms with Gasteiger partial charge >= 0.3 is 5.97 Å². The molecule has 0 saturated carbocycles. The first kappa shape index (κ1) is 13.5. The Balaban J connectivity index is 3.58. The maximum Gasteiger partial charge on any atom is 0.309 e. The zero-order valence-corrected chi connectivity index (χ0v) is 9.20. The molecule has 1 unspecified atom stereocenters. The summed E-state index contributed by atoms with van der Waals surface area (Å²) in [6, 6.07) is 0. The van der Waals surface area contributed by atoms with Crippen molar-refractivity contribution in [1.29, 1.82) is 0 Å². The number of carbonyl (C=O) groups is 1. The number of ether oxygens (including phenoxy) is 2. The molecule has 3 heteroatoms. The number of rotatable bonds is 8. The molecule has 0 fully saturated rings. The quantitative estimate of drug-likeness (QED) is 0.267. The van der Waals surface area contributed by atoms with Crippen LogP contribution in [0.25, 0.3) is 0 Å². The molecular weight excluding hydrogens is 192 g/mol. The smallest absolute Gasteiger partial charge is 0.309 e. The minimum atomic E-state index is -0.264. The molecule has 0 spiro atoms. The second-order valence-corrected chi connectivity index (χ2v) is 3.10. The maximum absolute atomic E-state index is 10.9. The number of hydrogen-bond donors (Lipinski definition) is 0. The summed E-state index contributed by atoms with van der Waals surface area (Å²) in [6.07, 6.45) is 3.90. The van der Waals surface area contributed by atoms with Crippen LogP contribution >= 0.6 is 0 Å². The first-order valence-corrected chi connectivity index (χ1v) is 4.84. The standard InChI is InChI=1S/C12H18O3/c1-5-7-12(13)14-9-8-11(4)15-10(3)6-2/h5-6,11H,1-3,7-9H2,4H3. The van der Waals surface area contributed by atoms with Gasteiger partial charge < -0.3 is 9.47 Å². The van der Waals surface area contributed by atoms with Gasteiger partial charge in [-0.3, -0.25) is 4.79 Å². The van der Waals surface area contributed by atoms with Gasteiger partial charge in [0.15, 0.2) is 0 Å². The van der Waals surface area contributed by atoms with E-state index in [9.17, 15) is 4.79 Å². The zero-order valence-electron chi connectivity index (χ0n) is 9.20. The molecule has 0 aliphatic heterocycles. The number of esters is 1. The molecule has 0 aliphatic carbocycles. The van der Waals surface area contributed by atoms with Crippen molar-refractivity contribution < 1.29 is 14.3 Å². The normalized spacial score (nSPS) is 11.3. The summed E-state index contributed by atoms with van der Waals surface area (Å²) in [4.78, 5) is 10.9. The Morgan fingerprint density at radius 2 is 2.13 bits per heavy atom. The van der Waals surface area contributed by atoms with Crippen molar-refractivity contribution in [2.24, 2.45) is 0 Å². The van der Waals surface area contributed by atoms with Gasteiger partial charge in [0.05, 0.1) is 19.1 Å². The molecule has 0 aromatic heterocycles. The molecule has 0 radical (unpaired) electrons. The third kappa shape index (κ3) is 7.55. The molecule has 1 atom stereocenters. The van der Waals surface area contributed by atoms with Gasteiger partial charge in [0, 0.05) is 6.42 Å². The Morgan fingerprint density at radius 3 is 2.67 bits per heavy atom. The van der Waals surface area contributed by atoms with Crippen molar-refractivity contribution in [3.8, 4) is 0 Å². The monoisotopic (exact) mass is 210 g/mol. The van der Waals surface area contributed by atoms with E-state index in [-0.39, 0.29) is 18.5 Å². The lowest BCUT2D eigenvalue weighted by atomic mass is 10.3. The first-order chi connectivity index (χ1) is 7.10. The van der Waals surface area contributed by atoms with Gasteiger partial charge in [0.1, 0.15) is 5.76 Å². The summed E-state index contributed by atoms with van der Waals surface area (Å²) in [7, 11) is 0. The van der Waals surface area contributed by atoms with Crippen LogP contribution in [0.3, 0.4) is 0 Å². The molecule has 0 aromatic rings. The van der Waals surface area contributed by atoms with Gasteiger partial charge in [0.25, 0.3) is 0 Å². The predicted molar refractivity (Wildman–Crippen MR) is 60.3 cm³/mol. The van der Waals surface area contributed by atoms with Crippen molar-refractivity contribution in [1.82, 2.24) is 0 Å². The Bertz CT molecular complexity index is 243. The summed E-state index contributed by atoms with van der Waals surface area (Å²) in [6.45, 7) is 12.8. The number of allylic oxidation sites excluding steroid dienone is 1. The lowest BCUT2D eigenvalue weighted by Gasteiger charge is -2.14. The molecule has 84 valence electrons. The van der Waals surface area contributed by atoms with E-state index >= 15 is 0 Å². The summed E-state index contributed by atoms with van der Waals surface area (Å²) in [5.74, 6) is 0.264. The highest BCUT2D eigenvalue weighted by Crippen LogP contribution is 2.05. The molecule has 0 rings (SSSR count). The van der Waals surface area contributed by atoms with Gasteiger partial charge in [0.2, 0.25) is 0 Å². The zero-order chi connectivity index (χ0) is 11.7. The van der Waals surface area contributed by atoms with Crippen LogP contribution in [0.2, 0.25) is 0 Å². The predicted octanol–water partition coefficient (Wildman–Crippen LogP) is 2.60. The van der Waals surface area contributed by atoms with Crippen LogP contribution < -0.4 is 0 Å². The lowest BCUT2D eigenvalue weighted by Crippen LogP contribution is -2.13. The van der Waals surface area contributed by atoms with Crippen LogP contribution in [0.1, 0.15) is 19.8 Å². The summed E-state index contributed by atoms with van der Waals surface area (Å²) < 4.78 is 10.2. The van der Waals surface area contributed by atoms with Crippen LogP contribution in [0, 0.1) is 0 Å². The Morgan fingerprint density at radius 1 is 1.47 bits per heavy atom. The third-order valence-electron chi connectivity index (χ3n) is 1.68. The summed E-state index contributed by atoms with van der Waals surface area (Å²) >= 11 is 0. The van der Waals surface area contributed by atoms with Gasteiger partial charge in [-0.2, -0.15) is 0 Å². The SMILES string of the molecule is C=CCC(=O)OCCC(C)OC(=C)C=C. The van der Waals surface area contributed by atoms with E-state index < -0.39 is 0 Å². The second-order valence-electron chi connectivity index (χ2n) is 3.10. The highest BCUT2D eigenvalue weighted by molar-refractivity contribution is 5.70. The Labute approximate surface area is 91.1 Å². The maximum atomic E-state index is 10.9. The Kier molecular flexibility index (Phi) is 7.06. The van der Waals surface area contributed by atoms with Crippen molar-refractivity contribution in [3.63, 3.8) is 0 Å². The van der Waals surface area contributed by atoms with E-state index in [1.807, 2.05) is 6.92 Å². The van der Waals surface area contributed by atoms with Crippen molar-refractivity contribution in [3.05, 3.63) is 37.6 Å². The summed E-state index contributed by atoms with van der Waals surface area (Å²) in [5, 5.41) is 0. The van der Waals surface area contributed by atoms with Crippen LogP contribution in [-0.4, -0.2) is 18.7 Å². The van der Waals surface area contributed by atoms with E-state index in [0.29, 0.717) is 18.8 Å². The number of carbonyl (C=O) groups excluding carboxylic acids is 1. The second kappa shape index (κ2) is 7.85. The molecule has 0 amide bonds. The highest BCUT2D eigenvalue weighted by atomic mass is 16.5. The topological polar surface area (TPSA) is 35.5 Å². The largest absolute Gasteiger partial charge is 0.491 e.